The van der Waals surface area contributed by atoms with Crippen LogP contribution in [0.2, 0.25) is 0 Å². The van der Waals surface area contributed by atoms with Crippen molar-refractivity contribution in [2.24, 2.45) is 0 Å². The summed E-state index contributed by atoms with van der Waals surface area (Å²) in [5, 5.41) is 0. The molecule has 0 aliphatic carbocycles. The van der Waals surface area contributed by atoms with Crippen LogP contribution in [0.1, 0.15) is 26.7 Å². The van der Waals surface area contributed by atoms with Crippen molar-refractivity contribution in [3.8, 4) is 0 Å². The number of hydrogen-bond donors (Lipinski definition) is 10. The van der Waals surface area contributed by atoms with Crippen molar-refractivity contribution in [2.75, 3.05) is 0 Å². The predicted octanol–water partition coefficient (Wildman–Crippen LogP) is -0.726. The Bertz CT molecular complexity index is 1290. The molecule has 40 heteroatoms. The normalized spacial score (nSPS) is 24.9. The fourth-order valence-corrected chi connectivity index (χ4v) is 9.95. The van der Waals surface area contributed by atoms with Crippen molar-refractivity contribution in [1.82, 2.24) is 0 Å². The van der Waals surface area contributed by atoms with E-state index in [2.05, 4.69) is 40.7 Å². The third kappa shape index (κ3) is 13.3. The Kier molecular flexibility index (Phi) is 22.2. The molecule has 49 heavy (non-hydrogen) atoms. The molecule has 0 bridgehead atoms. The molecule has 0 aromatic heterocycles. The van der Waals surface area contributed by atoms with Gasteiger partial charge in [0, 0.05) is 0 Å². The van der Waals surface area contributed by atoms with E-state index >= 15 is 0 Å². The molecule has 0 aliphatic rings. The molecule has 11 atom stereocenters. The minimum Gasteiger partial charge on any atom is -0.326 e. The minimum atomic E-state index is -5.56. The van der Waals surface area contributed by atoms with Crippen LogP contribution in [0.3, 0.4) is 0 Å². The molecule has 0 aromatic rings. The van der Waals surface area contributed by atoms with Gasteiger partial charge in [0.05, 0.1) is 0 Å². The summed E-state index contributed by atoms with van der Waals surface area (Å²) in [5.41, 5.74) is -3.65. The SMILES string of the molecule is CCCC(C)(O[PH](=O)O)C(O[PH](=O)O)(O[PH](=O)O)C(O[PH](=O)O)(O[PH](=O)O)C(O[PH](=O)O)(O[PH](=O)O)C(O[PH](=O)O)(O[PH](=O)O)O[PH](=O)O. The average molecular weight is 928 g/mol. The lowest BCUT2D eigenvalue weighted by Crippen LogP contribution is -2.83. The summed E-state index contributed by atoms with van der Waals surface area (Å²) in [6.45, 7) is 1.34. The third-order valence-corrected chi connectivity index (χ3v) is 9.78. The predicted molar refractivity (Wildman–Crippen MR) is 157 cm³/mol. The van der Waals surface area contributed by atoms with Crippen molar-refractivity contribution in [3.63, 3.8) is 0 Å². The standard InChI is InChI=1S/C9H30O30P10/c1-3-4-5(2,30-40(10)11)6(31-41(12)13,32-42(14)15)7(33-43(16)17,34-44(18)19)8(35-45(20)21,36-46(22)23)9(37-47(24)25,38-48(26)27)39-49(28)29/h40-49H,3-4H2,1-2H3,(H,10,11)(H,12,13)(H,14,15)(H,16,17)(H,18,19)(H,20,21)(H,22,23)(H,24,25)(H,26,27)(H,28,29). The first-order chi connectivity index (χ1) is 22.2. The summed E-state index contributed by atoms with van der Waals surface area (Å²) in [6, 6.07) is 0. The van der Waals surface area contributed by atoms with E-state index in [0.29, 0.717) is 0 Å². The van der Waals surface area contributed by atoms with E-state index in [1.165, 1.54) is 0 Å². The Hall–Kier alpha value is 1.50. The molecule has 0 radical (unpaired) electrons. The molecule has 296 valence electrons. The van der Waals surface area contributed by atoms with Gasteiger partial charge in [0.15, 0.2) is 0 Å². The van der Waals surface area contributed by atoms with Crippen molar-refractivity contribution in [1.29, 1.82) is 0 Å². The molecule has 0 aromatic carbocycles. The lowest BCUT2D eigenvalue weighted by molar-refractivity contribution is -0.501. The Morgan fingerprint density at radius 1 is 0.367 bits per heavy atom. The third-order valence-electron chi connectivity index (χ3n) is 5.06. The van der Waals surface area contributed by atoms with E-state index in [1.807, 2.05) is 0 Å². The van der Waals surface area contributed by atoms with Gasteiger partial charge < -0.3 is 48.9 Å². The zero-order valence-electron chi connectivity index (χ0n) is 23.6. The van der Waals surface area contributed by atoms with Gasteiger partial charge in [0.1, 0.15) is 5.60 Å². The Morgan fingerprint density at radius 2 is 0.592 bits per heavy atom. The largest absolute Gasteiger partial charge is 0.368 e. The molecule has 0 saturated heterocycles. The van der Waals surface area contributed by atoms with Crippen molar-refractivity contribution in [2.45, 2.75) is 55.6 Å². The lowest BCUT2D eigenvalue weighted by Gasteiger charge is -2.59. The molecular formula is C9H30O30P10. The van der Waals surface area contributed by atoms with Crippen LogP contribution >= 0.6 is 82.5 Å². The Balaban J connectivity index is 10.1. The topological polar surface area (TPSA) is 465 Å². The average Bonchev–Trinajstić information content (AvgIpc) is 2.83. The second-order valence-electron chi connectivity index (χ2n) is 8.07. The molecule has 0 saturated carbocycles. The van der Waals surface area contributed by atoms with Crippen LogP contribution in [0.25, 0.3) is 0 Å². The van der Waals surface area contributed by atoms with Gasteiger partial charge >= 0.3 is 100 Å². The van der Waals surface area contributed by atoms with Crippen LogP contribution in [0.15, 0.2) is 0 Å². The highest BCUT2D eigenvalue weighted by atomic mass is 31.2. The van der Waals surface area contributed by atoms with Crippen LogP contribution in [-0.2, 0) is 90.9 Å². The summed E-state index contributed by atoms with van der Waals surface area (Å²) >= 11 is 0. The van der Waals surface area contributed by atoms with Gasteiger partial charge in [-0.15, -0.1) is 0 Å². The van der Waals surface area contributed by atoms with Crippen LogP contribution in [0, 0.1) is 0 Å². The second kappa shape index (κ2) is 21.6. The highest BCUT2D eigenvalue weighted by molar-refractivity contribution is 7.35. The molecule has 11 unspecified atom stereocenters. The Labute approximate surface area is 278 Å². The fourth-order valence-electron chi connectivity index (χ4n) is 4.01. The molecule has 0 aliphatic heterocycles. The van der Waals surface area contributed by atoms with Crippen molar-refractivity contribution < 1.29 is 140 Å². The van der Waals surface area contributed by atoms with E-state index in [4.69, 9.17) is 4.52 Å². The fraction of sp³-hybridized carbons (Fsp3) is 1.00. The summed E-state index contributed by atoms with van der Waals surface area (Å²) in [4.78, 5) is 98.4. The number of rotatable bonds is 26. The maximum atomic E-state index is 12.5. The van der Waals surface area contributed by atoms with E-state index in [0.717, 1.165) is 6.92 Å². The van der Waals surface area contributed by atoms with E-state index in [9.17, 15) is 94.6 Å². The minimum absolute atomic E-state index is 0.271. The first-order valence-corrected chi connectivity index (χ1v) is 24.1. The van der Waals surface area contributed by atoms with Gasteiger partial charge in [0.2, 0.25) is 0 Å². The molecule has 0 spiro atoms. The molecule has 0 rings (SSSR count). The first-order valence-electron chi connectivity index (χ1n) is 11.4. The van der Waals surface area contributed by atoms with Gasteiger partial charge in [-0.1, -0.05) is 13.3 Å². The van der Waals surface area contributed by atoms with Crippen LogP contribution < -0.4 is 0 Å². The summed E-state index contributed by atoms with van der Waals surface area (Å²) in [5.74, 6) is -21.3. The van der Waals surface area contributed by atoms with Crippen LogP contribution in [-0.4, -0.2) is 77.9 Å². The van der Waals surface area contributed by atoms with Crippen LogP contribution in [0.5, 0.6) is 0 Å². The molecule has 10 N–H and O–H groups in total. The maximum absolute atomic E-state index is 12.5. The monoisotopic (exact) mass is 928 g/mol. The highest BCUT2D eigenvalue weighted by Gasteiger charge is 2.88. The molecule has 0 amide bonds. The molecule has 0 fully saturated rings. The molecular weight excluding hydrogens is 898 g/mol. The van der Waals surface area contributed by atoms with Gasteiger partial charge in [-0.2, -0.15) is 0 Å². The maximum Gasteiger partial charge on any atom is 0.368 e. The lowest BCUT2D eigenvalue weighted by atomic mass is 9.80. The van der Waals surface area contributed by atoms with Crippen molar-refractivity contribution in [3.05, 3.63) is 0 Å². The van der Waals surface area contributed by atoms with E-state index in [1.54, 1.807) is 0 Å². The summed E-state index contributed by atoms with van der Waals surface area (Å²) in [7, 11) is -52.8. The van der Waals surface area contributed by atoms with Gasteiger partial charge in [-0.05, 0) is 13.3 Å². The molecule has 0 heterocycles. The van der Waals surface area contributed by atoms with Gasteiger partial charge in [-0.25, -0.2) is 13.6 Å². The van der Waals surface area contributed by atoms with Crippen molar-refractivity contribution >= 4 is 82.5 Å². The molecule has 30 nitrogen and oxygen atoms in total. The zero-order valence-corrected chi connectivity index (χ0v) is 33.6. The summed E-state index contributed by atoms with van der Waals surface area (Å²) < 4.78 is 167. The number of hydrogen-bond acceptors (Lipinski definition) is 20. The van der Waals surface area contributed by atoms with E-state index < -0.39 is 124 Å². The highest BCUT2D eigenvalue weighted by Crippen LogP contribution is 2.68. The van der Waals surface area contributed by atoms with E-state index in [-0.39, 0.29) is 6.92 Å². The first kappa shape index (κ1) is 50.5. The van der Waals surface area contributed by atoms with Crippen LogP contribution in [0.4, 0.5) is 0 Å². The Morgan fingerprint density at radius 3 is 0.816 bits per heavy atom. The quantitative estimate of drug-likeness (QED) is 0.0378. The summed E-state index contributed by atoms with van der Waals surface area (Å²) in [6.07, 6.45) is -1.83. The second-order valence-corrected chi connectivity index (χ2v) is 15.4. The smallest absolute Gasteiger partial charge is 0.326 e. The van der Waals surface area contributed by atoms with Gasteiger partial charge in [-0.3, -0.25) is 77.3 Å². The van der Waals surface area contributed by atoms with Gasteiger partial charge in [0.25, 0.3) is 5.79 Å². The zero-order chi connectivity index (χ0) is 38.8.